The van der Waals surface area contributed by atoms with Crippen molar-refractivity contribution in [2.24, 2.45) is 13.0 Å². The number of aromatic nitrogens is 4. The van der Waals surface area contributed by atoms with E-state index < -0.39 is 0 Å². The molecule has 0 bridgehead atoms. The number of ether oxygens (including phenoxy) is 2. The van der Waals surface area contributed by atoms with Crippen molar-refractivity contribution in [3.8, 4) is 11.5 Å². The van der Waals surface area contributed by atoms with Crippen molar-refractivity contribution in [2.45, 2.75) is 18.9 Å². The van der Waals surface area contributed by atoms with Crippen LogP contribution >= 0.6 is 0 Å². The van der Waals surface area contributed by atoms with Crippen molar-refractivity contribution < 1.29 is 9.47 Å². The van der Waals surface area contributed by atoms with Crippen LogP contribution < -0.4 is 14.8 Å². The van der Waals surface area contributed by atoms with Crippen LogP contribution in [0.1, 0.15) is 24.4 Å². The van der Waals surface area contributed by atoms with Crippen molar-refractivity contribution >= 4 is 16.9 Å². The summed E-state index contributed by atoms with van der Waals surface area (Å²) in [6.07, 6.45) is 5.83. The second-order valence-electron chi connectivity index (χ2n) is 6.59. The summed E-state index contributed by atoms with van der Waals surface area (Å²) >= 11 is 0. The van der Waals surface area contributed by atoms with Gasteiger partial charge in [0.1, 0.15) is 25.4 Å². The topological polar surface area (TPSA) is 74.1 Å². The molecule has 5 rings (SSSR count). The fraction of sp³-hybridized carbons (Fsp3) is 0.389. The molecule has 1 saturated carbocycles. The van der Waals surface area contributed by atoms with E-state index in [9.17, 15) is 0 Å². The smallest absolute Gasteiger partial charge is 0.163 e. The minimum Gasteiger partial charge on any atom is -0.486 e. The molecule has 1 fully saturated rings. The minimum absolute atomic E-state index is 0.189. The molecule has 0 unspecified atom stereocenters. The van der Waals surface area contributed by atoms with Gasteiger partial charge in [0, 0.05) is 7.05 Å². The average molecular weight is 337 g/mol. The lowest BCUT2D eigenvalue weighted by Crippen LogP contribution is -2.17. The van der Waals surface area contributed by atoms with Crippen molar-refractivity contribution in [1.82, 2.24) is 19.7 Å². The maximum atomic E-state index is 5.75. The lowest BCUT2D eigenvalue weighted by atomic mass is 10.0. The van der Waals surface area contributed by atoms with Gasteiger partial charge < -0.3 is 14.8 Å². The molecule has 0 radical (unpaired) electrons. The first kappa shape index (κ1) is 14.5. The molecule has 1 aliphatic carbocycles. The molecule has 7 heteroatoms. The highest BCUT2D eigenvalue weighted by molar-refractivity contribution is 5.86. The van der Waals surface area contributed by atoms with Gasteiger partial charge in [-0.25, -0.2) is 9.97 Å². The summed E-state index contributed by atoms with van der Waals surface area (Å²) in [5.41, 5.74) is 2.02. The average Bonchev–Trinajstić information content (AvgIpc) is 3.42. The predicted octanol–water partition coefficient (Wildman–Crippen LogP) is 2.70. The quantitative estimate of drug-likeness (QED) is 0.789. The molecule has 128 valence electrons. The number of nitrogens with one attached hydrogen (secondary N) is 1. The molecule has 1 N–H and O–H groups in total. The Hall–Kier alpha value is -2.83. The fourth-order valence-electron chi connectivity index (χ4n) is 3.38. The normalized spacial score (nSPS) is 17.5. The predicted molar refractivity (Wildman–Crippen MR) is 92.8 cm³/mol. The number of anilines is 1. The Bertz CT molecular complexity index is 934. The van der Waals surface area contributed by atoms with Crippen LogP contribution in [0.25, 0.3) is 11.0 Å². The molecule has 3 heterocycles. The second-order valence-corrected chi connectivity index (χ2v) is 6.59. The number of fused-ring (bicyclic) bond motifs is 2. The first-order chi connectivity index (χ1) is 12.3. The molecular weight excluding hydrogens is 318 g/mol. The molecule has 2 aliphatic rings. The van der Waals surface area contributed by atoms with E-state index in [0.717, 1.165) is 28.4 Å². The summed E-state index contributed by atoms with van der Waals surface area (Å²) in [5.74, 6) is 3.07. The number of benzene rings is 1. The number of nitrogens with zero attached hydrogens (tertiary/aromatic N) is 4. The Kier molecular flexibility index (Phi) is 3.26. The van der Waals surface area contributed by atoms with E-state index in [1.165, 1.54) is 18.4 Å². The van der Waals surface area contributed by atoms with E-state index in [2.05, 4.69) is 32.5 Å². The van der Waals surface area contributed by atoms with Gasteiger partial charge in [0.15, 0.2) is 17.1 Å². The Labute approximate surface area is 145 Å². The third-order valence-electron chi connectivity index (χ3n) is 4.84. The molecule has 0 saturated heterocycles. The number of hydrogen-bond donors (Lipinski definition) is 1. The second kappa shape index (κ2) is 5.61. The summed E-state index contributed by atoms with van der Waals surface area (Å²) in [7, 11) is 1.89. The molecule has 0 spiro atoms. The van der Waals surface area contributed by atoms with Gasteiger partial charge in [0.25, 0.3) is 0 Å². The first-order valence-corrected chi connectivity index (χ1v) is 8.58. The standard InChI is InChI=1S/C18H19N5O2/c1-23-18-13(9-21-23)17(19-10-20-18)22-16(11-2-3-11)12-4-5-14-15(8-12)25-7-6-24-14/h4-5,8-11,16H,2-3,6-7H2,1H3,(H,19,20,22)/t16-/m1/s1. The van der Waals surface area contributed by atoms with Gasteiger partial charge in [-0.2, -0.15) is 5.10 Å². The van der Waals surface area contributed by atoms with E-state index in [1.54, 1.807) is 11.0 Å². The summed E-state index contributed by atoms with van der Waals surface area (Å²) in [4.78, 5) is 8.76. The van der Waals surface area contributed by atoms with Crippen LogP contribution in [0.3, 0.4) is 0 Å². The van der Waals surface area contributed by atoms with Crippen LogP contribution in [0.5, 0.6) is 11.5 Å². The van der Waals surface area contributed by atoms with E-state index in [0.29, 0.717) is 19.1 Å². The van der Waals surface area contributed by atoms with Gasteiger partial charge in [-0.1, -0.05) is 6.07 Å². The maximum Gasteiger partial charge on any atom is 0.163 e. The minimum atomic E-state index is 0.189. The highest BCUT2D eigenvalue weighted by atomic mass is 16.6. The molecule has 25 heavy (non-hydrogen) atoms. The van der Waals surface area contributed by atoms with Gasteiger partial charge in [0.05, 0.1) is 17.6 Å². The Morgan fingerprint density at radius 3 is 2.84 bits per heavy atom. The van der Waals surface area contributed by atoms with Crippen LogP contribution in [-0.2, 0) is 7.05 Å². The van der Waals surface area contributed by atoms with Gasteiger partial charge in [-0.3, -0.25) is 4.68 Å². The number of rotatable bonds is 4. The van der Waals surface area contributed by atoms with Crippen LogP contribution in [0.15, 0.2) is 30.7 Å². The summed E-state index contributed by atoms with van der Waals surface area (Å²) < 4.78 is 13.1. The van der Waals surface area contributed by atoms with Gasteiger partial charge >= 0.3 is 0 Å². The van der Waals surface area contributed by atoms with Gasteiger partial charge in [-0.15, -0.1) is 0 Å². The molecule has 1 aromatic carbocycles. The summed E-state index contributed by atoms with van der Waals surface area (Å²) in [5, 5.41) is 8.85. The lowest BCUT2D eigenvalue weighted by Gasteiger charge is -2.23. The molecule has 0 amide bonds. The SMILES string of the molecule is Cn1ncc2c(N[C@@H](c3ccc4c(c3)OCCO4)C3CC3)ncnc21. The van der Waals surface area contributed by atoms with E-state index in [4.69, 9.17) is 9.47 Å². The Morgan fingerprint density at radius 1 is 1.16 bits per heavy atom. The van der Waals surface area contributed by atoms with Crippen LogP contribution in [-0.4, -0.2) is 33.0 Å². The zero-order chi connectivity index (χ0) is 16.8. The van der Waals surface area contributed by atoms with E-state index >= 15 is 0 Å². The zero-order valence-electron chi connectivity index (χ0n) is 14.0. The third kappa shape index (κ3) is 2.56. The molecule has 1 aliphatic heterocycles. The summed E-state index contributed by atoms with van der Waals surface area (Å²) in [6.45, 7) is 1.21. The third-order valence-corrected chi connectivity index (χ3v) is 4.84. The largest absolute Gasteiger partial charge is 0.486 e. The van der Waals surface area contributed by atoms with Crippen LogP contribution in [0.2, 0.25) is 0 Å². The highest BCUT2D eigenvalue weighted by Gasteiger charge is 2.33. The highest BCUT2D eigenvalue weighted by Crippen LogP contribution is 2.45. The van der Waals surface area contributed by atoms with Crippen molar-refractivity contribution in [3.63, 3.8) is 0 Å². The molecule has 7 nitrogen and oxygen atoms in total. The lowest BCUT2D eigenvalue weighted by molar-refractivity contribution is 0.171. The molecule has 2 aromatic heterocycles. The monoisotopic (exact) mass is 337 g/mol. The number of hydrogen-bond acceptors (Lipinski definition) is 6. The van der Waals surface area contributed by atoms with Crippen LogP contribution in [0, 0.1) is 5.92 Å². The van der Waals surface area contributed by atoms with Gasteiger partial charge in [0.2, 0.25) is 0 Å². The van der Waals surface area contributed by atoms with Crippen LogP contribution in [0.4, 0.5) is 5.82 Å². The summed E-state index contributed by atoms with van der Waals surface area (Å²) in [6, 6.07) is 6.40. The van der Waals surface area contributed by atoms with Gasteiger partial charge in [-0.05, 0) is 36.5 Å². The molecule has 1 atom stereocenters. The zero-order valence-corrected chi connectivity index (χ0v) is 14.0. The molecular formula is C18H19N5O2. The maximum absolute atomic E-state index is 5.75. The molecule has 3 aromatic rings. The van der Waals surface area contributed by atoms with Crippen molar-refractivity contribution in [3.05, 3.63) is 36.3 Å². The number of aryl methyl sites for hydroxylation is 1. The van der Waals surface area contributed by atoms with E-state index in [1.807, 2.05) is 19.3 Å². The Balaban J connectivity index is 1.51. The van der Waals surface area contributed by atoms with Crippen molar-refractivity contribution in [1.29, 1.82) is 0 Å². The van der Waals surface area contributed by atoms with E-state index in [-0.39, 0.29) is 6.04 Å². The van der Waals surface area contributed by atoms with Crippen molar-refractivity contribution in [2.75, 3.05) is 18.5 Å². The first-order valence-electron chi connectivity index (χ1n) is 8.58. The Morgan fingerprint density at radius 2 is 2.00 bits per heavy atom. The fourth-order valence-corrected chi connectivity index (χ4v) is 3.38.